The van der Waals surface area contributed by atoms with Crippen molar-refractivity contribution in [3.05, 3.63) is 81.8 Å². The number of carbonyl (C=O) groups excluding carboxylic acids is 1. The number of thioether (sulfide) groups is 1. The second-order valence-electron chi connectivity index (χ2n) is 6.58. The van der Waals surface area contributed by atoms with E-state index in [0.29, 0.717) is 28.5 Å². The summed E-state index contributed by atoms with van der Waals surface area (Å²) in [5.74, 6) is 0.548. The van der Waals surface area contributed by atoms with E-state index < -0.39 is 5.25 Å². The van der Waals surface area contributed by atoms with E-state index in [4.69, 9.17) is 4.74 Å². The first-order valence-corrected chi connectivity index (χ1v) is 10.1. The number of H-pyrrole nitrogens is 1. The van der Waals surface area contributed by atoms with Gasteiger partial charge in [-0.1, -0.05) is 42.1 Å². The van der Waals surface area contributed by atoms with Gasteiger partial charge in [0, 0.05) is 23.4 Å². The van der Waals surface area contributed by atoms with Gasteiger partial charge in [-0.3, -0.25) is 9.59 Å². The molecule has 3 aromatic rings. The zero-order chi connectivity index (χ0) is 20.8. The van der Waals surface area contributed by atoms with E-state index in [1.54, 1.807) is 38.3 Å². The Morgan fingerprint density at radius 3 is 2.48 bits per heavy atom. The van der Waals surface area contributed by atoms with Crippen LogP contribution in [-0.2, 0) is 11.2 Å². The lowest BCUT2D eigenvalue weighted by molar-refractivity contribution is -0.115. The molecule has 7 heteroatoms. The number of hydrogen-bond acceptors (Lipinski definition) is 5. The Morgan fingerprint density at radius 1 is 1.17 bits per heavy atom. The zero-order valence-electron chi connectivity index (χ0n) is 16.6. The van der Waals surface area contributed by atoms with Crippen LogP contribution in [0, 0.1) is 6.92 Å². The second kappa shape index (κ2) is 9.43. The fourth-order valence-corrected chi connectivity index (χ4v) is 3.63. The first kappa shape index (κ1) is 20.7. The summed E-state index contributed by atoms with van der Waals surface area (Å²) >= 11 is 1.22. The highest BCUT2D eigenvalue weighted by atomic mass is 32.2. The van der Waals surface area contributed by atoms with Gasteiger partial charge in [0.15, 0.2) is 5.16 Å². The maximum atomic E-state index is 12.5. The van der Waals surface area contributed by atoms with E-state index in [1.807, 2.05) is 37.3 Å². The lowest BCUT2D eigenvalue weighted by Gasteiger charge is -2.13. The van der Waals surface area contributed by atoms with E-state index in [2.05, 4.69) is 15.3 Å². The van der Waals surface area contributed by atoms with Crippen molar-refractivity contribution in [3.63, 3.8) is 0 Å². The number of anilines is 1. The maximum absolute atomic E-state index is 12.5. The van der Waals surface area contributed by atoms with Crippen LogP contribution in [-0.4, -0.2) is 28.2 Å². The number of amides is 1. The largest absolute Gasteiger partial charge is 0.497 e. The molecule has 29 heavy (non-hydrogen) atoms. The van der Waals surface area contributed by atoms with Gasteiger partial charge in [-0.05, 0) is 43.7 Å². The maximum Gasteiger partial charge on any atom is 0.255 e. The fraction of sp³-hybridized carbons (Fsp3) is 0.227. The molecule has 1 heterocycles. The number of nitrogens with one attached hydrogen (secondary N) is 2. The number of aryl methyl sites for hydroxylation is 1. The molecule has 0 bridgehead atoms. The highest BCUT2D eigenvalue weighted by molar-refractivity contribution is 8.00. The van der Waals surface area contributed by atoms with Gasteiger partial charge in [-0.25, -0.2) is 4.98 Å². The second-order valence-corrected chi connectivity index (χ2v) is 7.90. The molecule has 1 aromatic heterocycles. The van der Waals surface area contributed by atoms with Crippen molar-refractivity contribution in [2.75, 3.05) is 12.4 Å². The van der Waals surface area contributed by atoms with E-state index in [-0.39, 0.29) is 11.5 Å². The predicted octanol–water partition coefficient (Wildman–Crippen LogP) is 3.80. The Morgan fingerprint density at radius 2 is 1.86 bits per heavy atom. The molecular formula is C22H23N3O3S. The molecule has 0 aliphatic carbocycles. The molecule has 2 aromatic carbocycles. The van der Waals surface area contributed by atoms with Crippen molar-refractivity contribution >= 4 is 23.4 Å². The van der Waals surface area contributed by atoms with Crippen LogP contribution in [0.15, 0.2) is 64.5 Å². The number of aromatic nitrogens is 2. The third kappa shape index (κ3) is 5.48. The van der Waals surface area contributed by atoms with Gasteiger partial charge in [0.1, 0.15) is 5.75 Å². The SMILES string of the molecule is COc1ccc(NC(=O)C(C)Sc2nc(C)c(Cc3ccccc3)c(=O)[nH]2)cc1. The van der Waals surface area contributed by atoms with Gasteiger partial charge in [0.25, 0.3) is 5.56 Å². The minimum Gasteiger partial charge on any atom is -0.497 e. The zero-order valence-corrected chi connectivity index (χ0v) is 17.4. The normalized spacial score (nSPS) is 11.7. The lowest BCUT2D eigenvalue weighted by Crippen LogP contribution is -2.24. The van der Waals surface area contributed by atoms with Crippen molar-refractivity contribution in [1.29, 1.82) is 0 Å². The highest BCUT2D eigenvalue weighted by Crippen LogP contribution is 2.22. The molecule has 3 rings (SSSR count). The molecule has 0 spiro atoms. The van der Waals surface area contributed by atoms with Crippen LogP contribution in [0.5, 0.6) is 5.75 Å². The summed E-state index contributed by atoms with van der Waals surface area (Å²) in [5, 5.41) is 2.85. The van der Waals surface area contributed by atoms with E-state index in [1.165, 1.54) is 11.8 Å². The van der Waals surface area contributed by atoms with Crippen molar-refractivity contribution in [2.45, 2.75) is 30.7 Å². The van der Waals surface area contributed by atoms with Crippen LogP contribution in [0.4, 0.5) is 5.69 Å². The number of carbonyl (C=O) groups is 1. The summed E-state index contributed by atoms with van der Waals surface area (Å²) in [7, 11) is 1.59. The first-order chi connectivity index (χ1) is 14.0. The minimum atomic E-state index is -0.431. The number of aromatic amines is 1. The van der Waals surface area contributed by atoms with Crippen LogP contribution in [0.3, 0.4) is 0 Å². The Hall–Kier alpha value is -3.06. The number of ether oxygens (including phenoxy) is 1. The molecule has 0 fully saturated rings. The summed E-state index contributed by atoms with van der Waals surface area (Å²) in [5.41, 5.74) is 2.86. The average molecular weight is 410 g/mol. The van der Waals surface area contributed by atoms with E-state index in [0.717, 1.165) is 11.3 Å². The Kier molecular flexibility index (Phi) is 6.72. The topological polar surface area (TPSA) is 84.1 Å². The summed E-state index contributed by atoms with van der Waals surface area (Å²) < 4.78 is 5.11. The molecule has 0 saturated carbocycles. The van der Waals surface area contributed by atoms with Gasteiger partial charge in [-0.15, -0.1) is 0 Å². The molecule has 0 saturated heterocycles. The summed E-state index contributed by atoms with van der Waals surface area (Å²) in [6.45, 7) is 3.59. The monoisotopic (exact) mass is 409 g/mol. The van der Waals surface area contributed by atoms with Crippen molar-refractivity contribution < 1.29 is 9.53 Å². The molecule has 6 nitrogen and oxygen atoms in total. The molecule has 0 radical (unpaired) electrons. The summed E-state index contributed by atoms with van der Waals surface area (Å²) in [6.07, 6.45) is 0.521. The first-order valence-electron chi connectivity index (χ1n) is 9.21. The molecule has 1 unspecified atom stereocenters. The Bertz CT molecular complexity index is 1030. The van der Waals surface area contributed by atoms with Crippen LogP contribution in [0.1, 0.15) is 23.7 Å². The predicted molar refractivity (Wildman–Crippen MR) is 116 cm³/mol. The number of benzene rings is 2. The number of hydrogen-bond donors (Lipinski definition) is 2. The van der Waals surface area contributed by atoms with Crippen LogP contribution >= 0.6 is 11.8 Å². The molecule has 1 amide bonds. The Balaban J connectivity index is 1.67. The van der Waals surface area contributed by atoms with Crippen LogP contribution in [0.25, 0.3) is 0 Å². The Labute approximate surface area is 173 Å². The quantitative estimate of drug-likeness (QED) is 0.458. The minimum absolute atomic E-state index is 0.172. The lowest BCUT2D eigenvalue weighted by atomic mass is 10.1. The van der Waals surface area contributed by atoms with Crippen molar-refractivity contribution in [3.8, 4) is 5.75 Å². The van der Waals surface area contributed by atoms with E-state index in [9.17, 15) is 9.59 Å². The van der Waals surface area contributed by atoms with Crippen molar-refractivity contribution in [1.82, 2.24) is 9.97 Å². The molecule has 2 N–H and O–H groups in total. The molecule has 1 atom stereocenters. The molecule has 150 valence electrons. The highest BCUT2D eigenvalue weighted by Gasteiger charge is 2.17. The smallest absolute Gasteiger partial charge is 0.255 e. The third-order valence-corrected chi connectivity index (χ3v) is 5.42. The third-order valence-electron chi connectivity index (χ3n) is 4.44. The molecular weight excluding hydrogens is 386 g/mol. The van der Waals surface area contributed by atoms with E-state index >= 15 is 0 Å². The average Bonchev–Trinajstić information content (AvgIpc) is 2.72. The van der Waals surface area contributed by atoms with Crippen LogP contribution < -0.4 is 15.6 Å². The number of rotatable bonds is 7. The number of nitrogens with zero attached hydrogens (tertiary/aromatic N) is 1. The standard InChI is InChI=1S/C22H23N3O3S/c1-14-19(13-16-7-5-4-6-8-16)21(27)25-22(23-14)29-15(2)20(26)24-17-9-11-18(28-3)12-10-17/h4-12,15H,13H2,1-3H3,(H,24,26)(H,23,25,27). The van der Waals surface area contributed by atoms with Gasteiger partial charge in [0.2, 0.25) is 5.91 Å². The van der Waals surface area contributed by atoms with Gasteiger partial charge >= 0.3 is 0 Å². The molecule has 0 aliphatic heterocycles. The van der Waals surface area contributed by atoms with Gasteiger partial charge < -0.3 is 15.0 Å². The van der Waals surface area contributed by atoms with Crippen LogP contribution in [0.2, 0.25) is 0 Å². The van der Waals surface area contributed by atoms with Gasteiger partial charge in [0.05, 0.1) is 12.4 Å². The van der Waals surface area contributed by atoms with Crippen molar-refractivity contribution in [2.24, 2.45) is 0 Å². The molecule has 0 aliphatic rings. The summed E-state index contributed by atoms with van der Waals surface area (Å²) in [6, 6.07) is 16.9. The number of methoxy groups -OCH3 is 1. The fourth-order valence-electron chi connectivity index (χ4n) is 2.79. The summed E-state index contributed by atoms with van der Waals surface area (Å²) in [4.78, 5) is 32.3. The van der Waals surface area contributed by atoms with Gasteiger partial charge in [-0.2, -0.15) is 0 Å².